The van der Waals surface area contributed by atoms with Gasteiger partial charge >= 0.3 is 5.97 Å². The Morgan fingerprint density at radius 2 is 1.33 bits per heavy atom. The molecule has 9 nitrogen and oxygen atoms in total. The van der Waals surface area contributed by atoms with Crippen LogP contribution in [0.25, 0.3) is 0 Å². The molecule has 0 saturated heterocycles. The van der Waals surface area contributed by atoms with Crippen LogP contribution in [-0.4, -0.2) is 29.0 Å². The van der Waals surface area contributed by atoms with Crippen molar-refractivity contribution in [2.45, 2.75) is 0 Å². The van der Waals surface area contributed by atoms with Gasteiger partial charge in [0.1, 0.15) is 19.0 Å². The van der Waals surface area contributed by atoms with Gasteiger partial charge in [-0.1, -0.05) is 0 Å². The average Bonchev–Trinajstić information content (AvgIpc) is 2.59. The molecule has 2 aromatic carbocycles. The van der Waals surface area contributed by atoms with E-state index in [4.69, 9.17) is 9.47 Å². The maximum Gasteiger partial charge on any atom is 0.338 e. The van der Waals surface area contributed by atoms with E-state index in [0.717, 1.165) is 0 Å². The molecule has 0 fully saturated rings. The number of ether oxygens (including phenoxy) is 2. The third-order valence-electron chi connectivity index (χ3n) is 2.95. The van der Waals surface area contributed by atoms with Crippen molar-refractivity contribution in [3.8, 4) is 5.75 Å². The Kier molecular flexibility index (Phi) is 5.40. The largest absolute Gasteiger partial charge is 0.490 e. The molecule has 124 valence electrons. The number of hydrogen-bond acceptors (Lipinski definition) is 7. The number of rotatable bonds is 7. The molecule has 0 N–H and O–H groups in total. The Bertz CT molecular complexity index is 741. The minimum Gasteiger partial charge on any atom is -0.490 e. The second-order valence-corrected chi connectivity index (χ2v) is 4.54. The Labute approximate surface area is 135 Å². The first kappa shape index (κ1) is 16.9. The summed E-state index contributed by atoms with van der Waals surface area (Å²) in [6, 6.07) is 10.5. The molecule has 0 amide bonds. The highest BCUT2D eigenvalue weighted by Gasteiger charge is 2.10. The summed E-state index contributed by atoms with van der Waals surface area (Å²) in [5.74, 6) is -0.218. The van der Waals surface area contributed by atoms with Crippen LogP contribution >= 0.6 is 0 Å². The third-order valence-corrected chi connectivity index (χ3v) is 2.95. The number of nitro benzene ring substituents is 2. The molecule has 0 radical (unpaired) electrons. The van der Waals surface area contributed by atoms with Crippen molar-refractivity contribution in [2.24, 2.45) is 0 Å². The van der Waals surface area contributed by atoms with Gasteiger partial charge in [0, 0.05) is 24.3 Å². The van der Waals surface area contributed by atoms with Crippen LogP contribution in [0.15, 0.2) is 48.5 Å². The summed E-state index contributed by atoms with van der Waals surface area (Å²) in [5.41, 5.74) is 0.0240. The van der Waals surface area contributed by atoms with Gasteiger partial charge in [0.05, 0.1) is 15.4 Å². The minimum absolute atomic E-state index is 0.0349. The molecule has 9 heteroatoms. The first-order valence-electron chi connectivity index (χ1n) is 6.76. The fourth-order valence-corrected chi connectivity index (χ4v) is 1.76. The fourth-order valence-electron chi connectivity index (χ4n) is 1.76. The third kappa shape index (κ3) is 4.50. The molecule has 0 spiro atoms. The first-order valence-corrected chi connectivity index (χ1v) is 6.76. The summed E-state index contributed by atoms with van der Waals surface area (Å²) in [5, 5.41) is 21.0. The molecule has 0 aromatic heterocycles. The molecule has 0 heterocycles. The highest BCUT2D eigenvalue weighted by Crippen LogP contribution is 2.17. The zero-order chi connectivity index (χ0) is 17.5. The van der Waals surface area contributed by atoms with Crippen molar-refractivity contribution in [3.05, 3.63) is 74.3 Å². The molecular weight excluding hydrogens is 320 g/mol. The van der Waals surface area contributed by atoms with Gasteiger partial charge in [-0.2, -0.15) is 0 Å². The summed E-state index contributed by atoms with van der Waals surface area (Å²) in [4.78, 5) is 31.7. The van der Waals surface area contributed by atoms with E-state index >= 15 is 0 Å². The van der Waals surface area contributed by atoms with Crippen LogP contribution in [0, 0.1) is 20.2 Å². The van der Waals surface area contributed by atoms with Crippen molar-refractivity contribution >= 4 is 17.3 Å². The van der Waals surface area contributed by atoms with Gasteiger partial charge in [-0.05, 0) is 24.3 Å². The maximum atomic E-state index is 11.7. The predicted octanol–water partition coefficient (Wildman–Crippen LogP) is 2.74. The van der Waals surface area contributed by atoms with Crippen LogP contribution in [0.3, 0.4) is 0 Å². The number of carbonyl (C=O) groups is 1. The summed E-state index contributed by atoms with van der Waals surface area (Å²) >= 11 is 0. The van der Waals surface area contributed by atoms with Crippen molar-refractivity contribution in [2.75, 3.05) is 13.2 Å². The minimum atomic E-state index is -0.628. The van der Waals surface area contributed by atoms with Gasteiger partial charge in [0.15, 0.2) is 0 Å². The highest BCUT2D eigenvalue weighted by atomic mass is 16.6. The molecule has 2 aromatic rings. The monoisotopic (exact) mass is 332 g/mol. The molecule has 0 aliphatic rings. The number of nitro groups is 2. The number of nitrogens with zero attached hydrogens (tertiary/aromatic N) is 2. The maximum absolute atomic E-state index is 11.7. The molecule has 0 atom stereocenters. The zero-order valence-electron chi connectivity index (χ0n) is 12.3. The topological polar surface area (TPSA) is 122 Å². The van der Waals surface area contributed by atoms with Crippen molar-refractivity contribution in [3.63, 3.8) is 0 Å². The summed E-state index contributed by atoms with van der Waals surface area (Å²) < 4.78 is 10.3. The molecule has 0 bridgehead atoms. The summed E-state index contributed by atoms with van der Waals surface area (Å²) in [6.07, 6.45) is 0. The molecule has 0 aliphatic heterocycles. The first-order chi connectivity index (χ1) is 11.5. The van der Waals surface area contributed by atoms with E-state index in [9.17, 15) is 25.0 Å². The number of esters is 1. The van der Waals surface area contributed by atoms with Crippen LogP contribution in [-0.2, 0) is 4.74 Å². The van der Waals surface area contributed by atoms with Crippen LogP contribution in [0.2, 0.25) is 0 Å². The van der Waals surface area contributed by atoms with E-state index < -0.39 is 15.8 Å². The Hall–Kier alpha value is -3.49. The zero-order valence-corrected chi connectivity index (χ0v) is 12.3. The van der Waals surface area contributed by atoms with E-state index in [1.807, 2.05) is 0 Å². The van der Waals surface area contributed by atoms with Gasteiger partial charge in [-0.25, -0.2) is 4.79 Å². The lowest BCUT2D eigenvalue weighted by molar-refractivity contribution is -0.385. The van der Waals surface area contributed by atoms with Crippen LogP contribution in [0.5, 0.6) is 5.75 Å². The van der Waals surface area contributed by atoms with Crippen LogP contribution in [0.4, 0.5) is 11.4 Å². The van der Waals surface area contributed by atoms with Crippen LogP contribution < -0.4 is 4.74 Å². The summed E-state index contributed by atoms with van der Waals surface area (Å²) in [6.45, 7) is 0.0311. The van der Waals surface area contributed by atoms with E-state index in [0.29, 0.717) is 5.75 Å². The standard InChI is InChI=1S/C15H12N2O7/c18-15(11-1-3-12(4-2-11)16(19)20)24-10-9-23-14-7-5-13(6-8-14)17(21)22/h1-8H,9-10H2. The Balaban J connectivity index is 1.78. The van der Waals surface area contributed by atoms with E-state index in [2.05, 4.69) is 0 Å². The lowest BCUT2D eigenvalue weighted by Gasteiger charge is -2.07. The molecule has 0 unspecified atom stereocenters. The molecule has 24 heavy (non-hydrogen) atoms. The lowest BCUT2D eigenvalue weighted by atomic mass is 10.2. The second-order valence-electron chi connectivity index (χ2n) is 4.54. The van der Waals surface area contributed by atoms with Gasteiger partial charge in [0.2, 0.25) is 0 Å². The van der Waals surface area contributed by atoms with Gasteiger partial charge in [-0.3, -0.25) is 20.2 Å². The SMILES string of the molecule is O=C(OCCOc1ccc([N+](=O)[O-])cc1)c1ccc([N+](=O)[O-])cc1. The van der Waals surface area contributed by atoms with Crippen LogP contribution in [0.1, 0.15) is 10.4 Å². The smallest absolute Gasteiger partial charge is 0.338 e. The van der Waals surface area contributed by atoms with Gasteiger partial charge in [0.25, 0.3) is 11.4 Å². The quantitative estimate of drug-likeness (QED) is 0.330. The summed E-state index contributed by atoms with van der Waals surface area (Å²) in [7, 11) is 0. The van der Waals surface area contributed by atoms with E-state index in [1.54, 1.807) is 0 Å². The number of hydrogen-bond donors (Lipinski definition) is 0. The van der Waals surface area contributed by atoms with Crippen molar-refractivity contribution in [1.29, 1.82) is 0 Å². The van der Waals surface area contributed by atoms with E-state index in [-0.39, 0.29) is 30.2 Å². The fraction of sp³-hybridized carbons (Fsp3) is 0.133. The van der Waals surface area contributed by atoms with Gasteiger partial charge in [-0.15, -0.1) is 0 Å². The Morgan fingerprint density at radius 3 is 1.83 bits per heavy atom. The second kappa shape index (κ2) is 7.68. The molecule has 0 saturated carbocycles. The highest BCUT2D eigenvalue weighted by molar-refractivity contribution is 5.89. The van der Waals surface area contributed by atoms with Crippen molar-refractivity contribution < 1.29 is 24.1 Å². The molecular formula is C15H12N2O7. The normalized spacial score (nSPS) is 10.0. The average molecular weight is 332 g/mol. The number of non-ortho nitro benzene ring substituents is 2. The lowest BCUT2D eigenvalue weighted by Crippen LogP contribution is -2.12. The number of carbonyl (C=O) groups excluding carboxylic acids is 1. The molecule has 0 aliphatic carbocycles. The van der Waals surface area contributed by atoms with E-state index in [1.165, 1.54) is 48.5 Å². The van der Waals surface area contributed by atoms with Gasteiger partial charge < -0.3 is 9.47 Å². The number of benzene rings is 2. The predicted molar refractivity (Wildman–Crippen MR) is 82.0 cm³/mol. The van der Waals surface area contributed by atoms with Crippen molar-refractivity contribution in [1.82, 2.24) is 0 Å². The Morgan fingerprint density at radius 1 is 0.833 bits per heavy atom. The molecule has 2 rings (SSSR count).